The lowest BCUT2D eigenvalue weighted by atomic mass is 10.2. The molecule has 0 saturated carbocycles. The highest BCUT2D eigenvalue weighted by atomic mass is 16.5. The molecule has 0 saturated heterocycles. The molecule has 64 valence electrons. The SMILES string of the molecule is CC(=O)OCC=C(C)CCO. The fourth-order valence-electron chi connectivity index (χ4n) is 0.580. The Morgan fingerprint density at radius 3 is 2.64 bits per heavy atom. The van der Waals surface area contributed by atoms with Gasteiger partial charge in [-0.25, -0.2) is 0 Å². The number of carbonyl (C=O) groups is 1. The van der Waals surface area contributed by atoms with Crippen molar-refractivity contribution >= 4 is 5.97 Å². The highest BCUT2D eigenvalue weighted by Gasteiger charge is 1.90. The van der Waals surface area contributed by atoms with Gasteiger partial charge in [-0.2, -0.15) is 0 Å². The third-order valence-electron chi connectivity index (χ3n) is 1.22. The van der Waals surface area contributed by atoms with E-state index in [2.05, 4.69) is 4.74 Å². The van der Waals surface area contributed by atoms with Gasteiger partial charge in [0.15, 0.2) is 0 Å². The molecule has 0 unspecified atom stereocenters. The molecule has 0 aliphatic rings. The Kier molecular flexibility index (Phi) is 5.47. The minimum absolute atomic E-state index is 0.141. The number of rotatable bonds is 4. The Hall–Kier alpha value is -0.830. The van der Waals surface area contributed by atoms with Gasteiger partial charge in [-0.05, 0) is 19.4 Å². The first-order valence-corrected chi connectivity index (χ1v) is 3.56. The number of hydrogen-bond acceptors (Lipinski definition) is 3. The molecule has 0 atom stereocenters. The lowest BCUT2D eigenvalue weighted by molar-refractivity contribution is -0.139. The quantitative estimate of drug-likeness (QED) is 0.488. The van der Waals surface area contributed by atoms with E-state index in [0.717, 1.165) is 5.57 Å². The van der Waals surface area contributed by atoms with Crippen LogP contribution in [0.4, 0.5) is 0 Å². The third-order valence-corrected chi connectivity index (χ3v) is 1.22. The highest BCUT2D eigenvalue weighted by Crippen LogP contribution is 1.97. The molecule has 0 bridgehead atoms. The van der Waals surface area contributed by atoms with Crippen LogP contribution in [-0.4, -0.2) is 24.3 Å². The van der Waals surface area contributed by atoms with E-state index in [1.807, 2.05) is 6.92 Å². The molecule has 0 aliphatic heterocycles. The minimum atomic E-state index is -0.280. The zero-order valence-electron chi connectivity index (χ0n) is 6.96. The smallest absolute Gasteiger partial charge is 0.302 e. The number of esters is 1. The zero-order chi connectivity index (χ0) is 8.69. The number of aliphatic hydroxyl groups excluding tert-OH is 1. The standard InChI is InChI=1S/C8H14O3/c1-7(3-5-9)4-6-11-8(2)10/h4,9H,3,5-6H2,1-2H3. The molecule has 0 fully saturated rings. The first-order valence-electron chi connectivity index (χ1n) is 3.56. The summed E-state index contributed by atoms with van der Waals surface area (Å²) in [6.07, 6.45) is 2.43. The van der Waals surface area contributed by atoms with Crippen LogP contribution in [0.2, 0.25) is 0 Å². The first kappa shape index (κ1) is 10.2. The molecular weight excluding hydrogens is 144 g/mol. The number of hydrogen-bond donors (Lipinski definition) is 1. The van der Waals surface area contributed by atoms with Gasteiger partial charge in [0.05, 0.1) is 0 Å². The van der Waals surface area contributed by atoms with Gasteiger partial charge in [0.1, 0.15) is 6.61 Å². The van der Waals surface area contributed by atoms with Crippen molar-refractivity contribution in [3.8, 4) is 0 Å². The van der Waals surface area contributed by atoms with Crippen molar-refractivity contribution in [2.45, 2.75) is 20.3 Å². The van der Waals surface area contributed by atoms with E-state index in [1.165, 1.54) is 6.92 Å². The van der Waals surface area contributed by atoms with Crippen LogP contribution in [0.25, 0.3) is 0 Å². The molecule has 0 spiro atoms. The normalized spacial score (nSPS) is 11.4. The summed E-state index contributed by atoms with van der Waals surface area (Å²) in [6.45, 7) is 3.71. The van der Waals surface area contributed by atoms with Crippen LogP contribution in [0.15, 0.2) is 11.6 Å². The zero-order valence-corrected chi connectivity index (χ0v) is 6.96. The highest BCUT2D eigenvalue weighted by molar-refractivity contribution is 5.65. The maximum Gasteiger partial charge on any atom is 0.302 e. The van der Waals surface area contributed by atoms with Crippen molar-refractivity contribution in [2.24, 2.45) is 0 Å². The molecule has 0 rings (SSSR count). The van der Waals surface area contributed by atoms with Crippen LogP contribution in [0, 0.1) is 0 Å². The largest absolute Gasteiger partial charge is 0.462 e. The molecule has 0 aromatic rings. The monoisotopic (exact) mass is 158 g/mol. The third kappa shape index (κ3) is 7.06. The predicted octanol–water partition coefficient (Wildman–Crippen LogP) is 0.878. The van der Waals surface area contributed by atoms with Gasteiger partial charge in [0.25, 0.3) is 0 Å². The summed E-state index contributed by atoms with van der Waals surface area (Å²) in [5.41, 5.74) is 1.04. The van der Waals surface area contributed by atoms with E-state index in [-0.39, 0.29) is 12.6 Å². The number of aliphatic hydroxyl groups is 1. The Morgan fingerprint density at radius 1 is 1.55 bits per heavy atom. The summed E-state index contributed by atoms with van der Waals surface area (Å²) in [5.74, 6) is -0.280. The van der Waals surface area contributed by atoms with Crippen molar-refractivity contribution in [3.05, 3.63) is 11.6 Å². The lowest BCUT2D eigenvalue weighted by Crippen LogP contribution is -1.98. The van der Waals surface area contributed by atoms with Crippen molar-refractivity contribution in [1.82, 2.24) is 0 Å². The molecule has 0 aromatic carbocycles. The average Bonchev–Trinajstić information content (AvgIpc) is 1.87. The topological polar surface area (TPSA) is 46.5 Å². The second kappa shape index (κ2) is 5.92. The van der Waals surface area contributed by atoms with Crippen LogP contribution < -0.4 is 0 Å². The van der Waals surface area contributed by atoms with Crippen LogP contribution >= 0.6 is 0 Å². The maximum absolute atomic E-state index is 10.3. The Bertz CT molecular complexity index is 149. The maximum atomic E-state index is 10.3. The summed E-state index contributed by atoms with van der Waals surface area (Å²) in [4.78, 5) is 10.3. The first-order chi connectivity index (χ1) is 5.16. The van der Waals surface area contributed by atoms with Gasteiger partial charge >= 0.3 is 5.97 Å². The average molecular weight is 158 g/mol. The fraction of sp³-hybridized carbons (Fsp3) is 0.625. The molecule has 3 heteroatoms. The van der Waals surface area contributed by atoms with E-state index < -0.39 is 0 Å². The van der Waals surface area contributed by atoms with Crippen molar-refractivity contribution in [2.75, 3.05) is 13.2 Å². The molecule has 0 amide bonds. The molecule has 0 heterocycles. The molecule has 0 radical (unpaired) electrons. The minimum Gasteiger partial charge on any atom is -0.462 e. The fourth-order valence-corrected chi connectivity index (χ4v) is 0.580. The molecular formula is C8H14O3. The van der Waals surface area contributed by atoms with Gasteiger partial charge in [0, 0.05) is 13.5 Å². The Balaban J connectivity index is 3.47. The van der Waals surface area contributed by atoms with Gasteiger partial charge < -0.3 is 9.84 Å². The van der Waals surface area contributed by atoms with E-state index in [1.54, 1.807) is 6.08 Å². The number of carbonyl (C=O) groups excluding carboxylic acids is 1. The van der Waals surface area contributed by atoms with E-state index in [0.29, 0.717) is 13.0 Å². The lowest BCUT2D eigenvalue weighted by Gasteiger charge is -1.98. The van der Waals surface area contributed by atoms with E-state index in [4.69, 9.17) is 5.11 Å². The van der Waals surface area contributed by atoms with Crippen molar-refractivity contribution < 1.29 is 14.6 Å². The summed E-state index contributed by atoms with van der Waals surface area (Å²) < 4.78 is 4.66. The molecule has 11 heavy (non-hydrogen) atoms. The van der Waals surface area contributed by atoms with E-state index >= 15 is 0 Å². The predicted molar refractivity (Wildman–Crippen MR) is 42.1 cm³/mol. The van der Waals surface area contributed by atoms with Gasteiger partial charge in [-0.1, -0.05) is 5.57 Å². The van der Waals surface area contributed by atoms with Crippen LogP contribution in [-0.2, 0) is 9.53 Å². The van der Waals surface area contributed by atoms with Crippen LogP contribution in [0.5, 0.6) is 0 Å². The van der Waals surface area contributed by atoms with Crippen LogP contribution in [0.3, 0.4) is 0 Å². The second-order valence-electron chi connectivity index (χ2n) is 2.33. The molecule has 0 aliphatic carbocycles. The summed E-state index contributed by atoms with van der Waals surface area (Å²) >= 11 is 0. The molecule has 1 N–H and O–H groups in total. The van der Waals surface area contributed by atoms with Crippen LogP contribution in [0.1, 0.15) is 20.3 Å². The summed E-state index contributed by atoms with van der Waals surface area (Å²) in [5, 5.41) is 8.50. The van der Waals surface area contributed by atoms with Crippen molar-refractivity contribution in [3.63, 3.8) is 0 Å². The van der Waals surface area contributed by atoms with Gasteiger partial charge in [0.2, 0.25) is 0 Å². The second-order valence-corrected chi connectivity index (χ2v) is 2.33. The molecule has 0 aromatic heterocycles. The molecule has 3 nitrogen and oxygen atoms in total. The van der Waals surface area contributed by atoms with Gasteiger partial charge in [-0.15, -0.1) is 0 Å². The Morgan fingerprint density at radius 2 is 2.18 bits per heavy atom. The van der Waals surface area contributed by atoms with Crippen molar-refractivity contribution in [1.29, 1.82) is 0 Å². The Labute approximate surface area is 66.7 Å². The summed E-state index contributed by atoms with van der Waals surface area (Å²) in [7, 11) is 0. The summed E-state index contributed by atoms with van der Waals surface area (Å²) in [6, 6.07) is 0. The van der Waals surface area contributed by atoms with Gasteiger partial charge in [-0.3, -0.25) is 4.79 Å². The van der Waals surface area contributed by atoms with E-state index in [9.17, 15) is 4.79 Å². The number of ether oxygens (including phenoxy) is 1.